The number of carbonyl (C=O) groups excluding carboxylic acids is 1. The maximum atomic E-state index is 12.6. The van der Waals surface area contributed by atoms with E-state index in [1.165, 1.54) is 22.4 Å². The summed E-state index contributed by atoms with van der Waals surface area (Å²) in [5.74, 6) is -0.228. The minimum atomic E-state index is -0.228. The van der Waals surface area contributed by atoms with Crippen LogP contribution in [0.3, 0.4) is 0 Å². The lowest BCUT2D eigenvalue weighted by molar-refractivity contribution is 0.0342. The molecule has 1 N–H and O–H groups in total. The number of nitrogens with one attached hydrogen (secondary N) is 1. The number of hydrogen-bond donors (Lipinski definition) is 1. The van der Waals surface area contributed by atoms with E-state index in [0.29, 0.717) is 5.56 Å². The predicted octanol–water partition coefficient (Wildman–Crippen LogP) is 5.07. The molecule has 4 rings (SSSR count). The quantitative estimate of drug-likeness (QED) is 0.363. The van der Waals surface area contributed by atoms with Gasteiger partial charge in [-0.15, -0.1) is 0 Å². The average molecular weight is 523 g/mol. The lowest BCUT2D eigenvalue weighted by atomic mass is 10.1. The van der Waals surface area contributed by atoms with Gasteiger partial charge in [0.25, 0.3) is 5.91 Å². The molecule has 178 valence electrons. The van der Waals surface area contributed by atoms with Crippen molar-refractivity contribution in [3.05, 3.63) is 86.1 Å². The molecule has 7 heteroatoms. The van der Waals surface area contributed by atoms with Gasteiger partial charge >= 0.3 is 0 Å². The van der Waals surface area contributed by atoms with Crippen LogP contribution in [-0.2, 0) is 11.3 Å². The fraction of sp³-hybridized carbons (Fsp3) is 0.333. The summed E-state index contributed by atoms with van der Waals surface area (Å²) >= 11 is 3.72. The summed E-state index contributed by atoms with van der Waals surface area (Å²) < 4.78 is 8.61. The van der Waals surface area contributed by atoms with E-state index in [0.717, 1.165) is 54.3 Å². The van der Waals surface area contributed by atoms with Gasteiger partial charge in [0.1, 0.15) is 0 Å². The molecule has 1 amide bonds. The molecule has 0 aliphatic carbocycles. The molecule has 0 atom stereocenters. The molecular weight excluding hydrogens is 492 g/mol. The van der Waals surface area contributed by atoms with Crippen molar-refractivity contribution in [2.75, 3.05) is 26.3 Å². The Hall–Kier alpha value is -2.74. The van der Waals surface area contributed by atoms with Crippen molar-refractivity contribution in [3.63, 3.8) is 0 Å². The Morgan fingerprint density at radius 1 is 1.03 bits per heavy atom. The van der Waals surface area contributed by atoms with E-state index in [9.17, 15) is 4.79 Å². The fourth-order valence-corrected chi connectivity index (χ4v) is 5.03. The van der Waals surface area contributed by atoms with E-state index < -0.39 is 0 Å². The van der Waals surface area contributed by atoms with E-state index in [-0.39, 0.29) is 5.91 Å². The Balaban J connectivity index is 1.46. The lowest BCUT2D eigenvalue weighted by Crippen LogP contribution is -2.35. The maximum absolute atomic E-state index is 12.6. The number of halogens is 1. The van der Waals surface area contributed by atoms with Crippen LogP contribution < -0.4 is 5.43 Å². The lowest BCUT2D eigenvalue weighted by Gasteiger charge is -2.26. The molecule has 0 unspecified atom stereocenters. The summed E-state index contributed by atoms with van der Waals surface area (Å²) in [6, 6.07) is 14.0. The summed E-state index contributed by atoms with van der Waals surface area (Å²) in [6.45, 7) is 12.7. The number of para-hydroxylation sites is 1. The van der Waals surface area contributed by atoms with Gasteiger partial charge in [-0.05, 0) is 72.4 Å². The van der Waals surface area contributed by atoms with Crippen LogP contribution in [0.4, 0.5) is 0 Å². The molecule has 2 heterocycles. The first-order chi connectivity index (χ1) is 16.4. The molecule has 34 heavy (non-hydrogen) atoms. The second kappa shape index (κ2) is 10.7. The van der Waals surface area contributed by atoms with Crippen LogP contribution in [-0.4, -0.2) is 47.9 Å². The van der Waals surface area contributed by atoms with Gasteiger partial charge in [-0.3, -0.25) is 9.69 Å². The van der Waals surface area contributed by atoms with Crippen LogP contribution in [0.5, 0.6) is 0 Å². The first kappa shape index (κ1) is 24.4. The van der Waals surface area contributed by atoms with Crippen molar-refractivity contribution in [1.29, 1.82) is 0 Å². The summed E-state index contributed by atoms with van der Waals surface area (Å²) in [7, 11) is 0. The molecule has 1 aliphatic heterocycles. The Labute approximate surface area is 209 Å². The SMILES string of the molecule is Cc1cccc(C)c1-n1c(C)c(Br)c(/C=N/NC(=O)c2ccc(CN3CCOCC3)cc2)c1C. The predicted molar refractivity (Wildman–Crippen MR) is 140 cm³/mol. The second-order valence-electron chi connectivity index (χ2n) is 8.76. The van der Waals surface area contributed by atoms with Gasteiger partial charge in [0.15, 0.2) is 0 Å². The van der Waals surface area contributed by atoms with Crippen LogP contribution in [0.25, 0.3) is 5.69 Å². The molecule has 1 saturated heterocycles. The van der Waals surface area contributed by atoms with E-state index in [1.54, 1.807) is 6.21 Å². The minimum Gasteiger partial charge on any atom is -0.379 e. The third-order valence-corrected chi connectivity index (χ3v) is 7.36. The smallest absolute Gasteiger partial charge is 0.271 e. The van der Waals surface area contributed by atoms with Crippen LogP contribution in [0.2, 0.25) is 0 Å². The molecule has 0 spiro atoms. The molecule has 1 aromatic heterocycles. The first-order valence-electron chi connectivity index (χ1n) is 11.5. The normalized spacial score (nSPS) is 14.6. The fourth-order valence-electron chi connectivity index (χ4n) is 4.47. The number of benzene rings is 2. The standard InChI is InChI=1S/C27H31BrN4O2/c1-18-6-5-7-19(2)26(18)32-20(3)24(25(28)21(32)4)16-29-30-27(33)23-10-8-22(9-11-23)17-31-12-14-34-15-13-31/h5-11,16H,12-15,17H2,1-4H3,(H,30,33)/b29-16+. The van der Waals surface area contributed by atoms with Gasteiger partial charge < -0.3 is 9.30 Å². The van der Waals surface area contributed by atoms with Crippen molar-refractivity contribution < 1.29 is 9.53 Å². The van der Waals surface area contributed by atoms with Crippen molar-refractivity contribution >= 4 is 28.1 Å². The topological polar surface area (TPSA) is 58.9 Å². The van der Waals surface area contributed by atoms with E-state index in [1.807, 2.05) is 24.3 Å². The van der Waals surface area contributed by atoms with Gasteiger partial charge in [-0.25, -0.2) is 5.43 Å². The number of aromatic nitrogens is 1. The van der Waals surface area contributed by atoms with E-state index >= 15 is 0 Å². The van der Waals surface area contributed by atoms with Gasteiger partial charge in [-0.2, -0.15) is 5.10 Å². The number of hydrogen-bond acceptors (Lipinski definition) is 4. The molecule has 1 aliphatic rings. The monoisotopic (exact) mass is 522 g/mol. The number of aryl methyl sites for hydroxylation is 2. The maximum Gasteiger partial charge on any atom is 0.271 e. The highest BCUT2D eigenvalue weighted by atomic mass is 79.9. The number of carbonyl (C=O) groups is 1. The van der Waals surface area contributed by atoms with Crippen molar-refractivity contribution in [2.45, 2.75) is 34.2 Å². The average Bonchev–Trinajstić information content (AvgIpc) is 3.03. The Morgan fingerprint density at radius 2 is 1.68 bits per heavy atom. The third kappa shape index (κ3) is 5.17. The zero-order valence-electron chi connectivity index (χ0n) is 20.2. The van der Waals surface area contributed by atoms with E-state index in [2.05, 4.69) is 81.8 Å². The van der Waals surface area contributed by atoms with Crippen LogP contribution in [0.15, 0.2) is 52.0 Å². The Kier molecular flexibility index (Phi) is 7.66. The second-order valence-corrected chi connectivity index (χ2v) is 9.55. The van der Waals surface area contributed by atoms with Gasteiger partial charge in [0.2, 0.25) is 0 Å². The van der Waals surface area contributed by atoms with Crippen LogP contribution in [0, 0.1) is 27.7 Å². The Morgan fingerprint density at radius 3 is 2.32 bits per heavy atom. The van der Waals surface area contributed by atoms with Crippen molar-refractivity contribution in [3.8, 4) is 5.69 Å². The molecule has 6 nitrogen and oxygen atoms in total. The van der Waals surface area contributed by atoms with Gasteiger partial charge in [-0.1, -0.05) is 30.3 Å². The number of nitrogens with zero attached hydrogens (tertiary/aromatic N) is 3. The van der Waals surface area contributed by atoms with Crippen LogP contribution in [0.1, 0.15) is 44.0 Å². The number of hydrazone groups is 1. The molecule has 2 aromatic carbocycles. The summed E-state index contributed by atoms with van der Waals surface area (Å²) in [5.41, 5.74) is 11.1. The van der Waals surface area contributed by atoms with Crippen molar-refractivity contribution in [2.24, 2.45) is 5.10 Å². The molecule has 1 fully saturated rings. The molecular formula is C27H31BrN4O2. The van der Waals surface area contributed by atoms with Crippen LogP contribution >= 0.6 is 15.9 Å². The number of amides is 1. The zero-order valence-corrected chi connectivity index (χ0v) is 21.8. The number of morpholine rings is 1. The summed E-state index contributed by atoms with van der Waals surface area (Å²) in [5, 5.41) is 4.26. The van der Waals surface area contributed by atoms with Gasteiger partial charge in [0, 0.05) is 46.6 Å². The van der Waals surface area contributed by atoms with Gasteiger partial charge in [0.05, 0.1) is 25.1 Å². The third-order valence-electron chi connectivity index (χ3n) is 6.36. The molecule has 3 aromatic rings. The molecule has 0 saturated carbocycles. The first-order valence-corrected chi connectivity index (χ1v) is 12.3. The Bertz CT molecular complexity index is 1190. The van der Waals surface area contributed by atoms with Crippen molar-refractivity contribution in [1.82, 2.24) is 14.9 Å². The molecule has 0 radical (unpaired) electrons. The highest BCUT2D eigenvalue weighted by molar-refractivity contribution is 9.10. The van der Waals surface area contributed by atoms with E-state index in [4.69, 9.17) is 4.74 Å². The highest BCUT2D eigenvalue weighted by Crippen LogP contribution is 2.32. The number of ether oxygens (including phenoxy) is 1. The summed E-state index contributed by atoms with van der Waals surface area (Å²) in [6.07, 6.45) is 1.71. The summed E-state index contributed by atoms with van der Waals surface area (Å²) in [4.78, 5) is 15.0. The number of rotatable bonds is 6. The highest BCUT2D eigenvalue weighted by Gasteiger charge is 2.18. The largest absolute Gasteiger partial charge is 0.379 e. The minimum absolute atomic E-state index is 0.228. The molecule has 0 bridgehead atoms. The zero-order chi connectivity index (χ0) is 24.2.